The van der Waals surface area contributed by atoms with Gasteiger partial charge in [-0.2, -0.15) is 4.31 Å². The lowest BCUT2D eigenvalue weighted by atomic mass is 10.2. The van der Waals surface area contributed by atoms with Crippen LogP contribution in [0.2, 0.25) is 0 Å². The molecule has 0 saturated heterocycles. The van der Waals surface area contributed by atoms with Gasteiger partial charge in [0.25, 0.3) is 5.91 Å². The van der Waals surface area contributed by atoms with Crippen LogP contribution in [-0.4, -0.2) is 41.7 Å². The molecule has 3 rings (SSSR count). The molecule has 2 heterocycles. The zero-order chi connectivity index (χ0) is 21.9. The monoisotopic (exact) mass is 446 g/mol. The molecule has 0 radical (unpaired) electrons. The Morgan fingerprint density at radius 3 is 2.27 bits per heavy atom. The van der Waals surface area contributed by atoms with Gasteiger partial charge in [-0.15, -0.1) is 11.3 Å². The van der Waals surface area contributed by atoms with Gasteiger partial charge in [0.1, 0.15) is 17.0 Å². The lowest BCUT2D eigenvalue weighted by molar-refractivity contribution is 0.102. The number of anilines is 1. The Morgan fingerprint density at radius 2 is 1.67 bits per heavy atom. The fraction of sp³-hybridized carbons (Fsp3) is 0.381. The minimum Gasteiger partial charge on any atom is -0.306 e. The minimum absolute atomic E-state index is 0.183. The van der Waals surface area contributed by atoms with E-state index in [-0.39, 0.29) is 22.6 Å². The fourth-order valence-electron chi connectivity index (χ4n) is 3.08. The molecule has 0 saturated carbocycles. The first-order valence-electron chi connectivity index (χ1n) is 9.78. The first-order valence-corrected chi connectivity index (χ1v) is 12.1. The summed E-state index contributed by atoms with van der Waals surface area (Å²) >= 11 is 1.47. The Hall–Kier alpha value is -2.36. The Balaban J connectivity index is 1.80. The predicted molar refractivity (Wildman–Crippen MR) is 120 cm³/mol. The van der Waals surface area contributed by atoms with Crippen molar-refractivity contribution in [3.63, 3.8) is 0 Å². The van der Waals surface area contributed by atoms with Gasteiger partial charge in [0, 0.05) is 18.7 Å². The third kappa shape index (κ3) is 5.03. The number of nitrogens with zero attached hydrogens (tertiary/aromatic N) is 3. The van der Waals surface area contributed by atoms with Gasteiger partial charge < -0.3 is 5.32 Å². The fourth-order valence-corrected chi connectivity index (χ4v) is 5.58. The number of amides is 1. The van der Waals surface area contributed by atoms with Crippen LogP contribution in [-0.2, 0) is 10.0 Å². The largest absolute Gasteiger partial charge is 0.306 e. The average Bonchev–Trinajstić information content (AvgIpc) is 3.17. The van der Waals surface area contributed by atoms with E-state index in [0.717, 1.165) is 10.2 Å². The average molecular weight is 447 g/mol. The molecule has 1 amide bonds. The van der Waals surface area contributed by atoms with E-state index in [0.29, 0.717) is 24.5 Å². The standard InChI is InChI=1S/C21H26N4O3S2/c1-14(2)11-25(12-15(3)4)30(27,28)17-7-5-16(6-8-17)20(26)24-19-18-9-10-29-21(18)23-13-22-19/h5-10,13-15H,11-12H2,1-4H3,(H,22,23,24,26). The molecule has 0 unspecified atom stereocenters. The van der Waals surface area contributed by atoms with E-state index < -0.39 is 10.0 Å². The molecule has 30 heavy (non-hydrogen) atoms. The molecular weight excluding hydrogens is 420 g/mol. The number of carbonyl (C=O) groups is 1. The number of aromatic nitrogens is 2. The SMILES string of the molecule is CC(C)CN(CC(C)C)S(=O)(=O)c1ccc(C(=O)Nc2ncnc3sccc23)cc1. The normalized spacial score (nSPS) is 12.2. The van der Waals surface area contributed by atoms with Crippen LogP contribution in [0.15, 0.2) is 46.9 Å². The summed E-state index contributed by atoms with van der Waals surface area (Å²) in [5.74, 6) is 0.505. The van der Waals surface area contributed by atoms with Crippen LogP contribution in [0.1, 0.15) is 38.1 Å². The molecule has 0 aliphatic heterocycles. The lowest BCUT2D eigenvalue weighted by Crippen LogP contribution is -2.37. The van der Waals surface area contributed by atoms with Crippen molar-refractivity contribution < 1.29 is 13.2 Å². The molecule has 3 aromatic rings. The van der Waals surface area contributed by atoms with E-state index in [9.17, 15) is 13.2 Å². The first-order chi connectivity index (χ1) is 14.2. The summed E-state index contributed by atoms with van der Waals surface area (Å²) in [6.07, 6.45) is 1.40. The van der Waals surface area contributed by atoms with Crippen molar-refractivity contribution in [2.24, 2.45) is 11.8 Å². The van der Waals surface area contributed by atoms with Crippen LogP contribution in [0.4, 0.5) is 5.82 Å². The number of sulfonamides is 1. The van der Waals surface area contributed by atoms with Gasteiger partial charge in [-0.3, -0.25) is 4.79 Å². The number of nitrogens with one attached hydrogen (secondary N) is 1. The second-order valence-corrected chi connectivity index (χ2v) is 10.8. The number of hydrogen-bond acceptors (Lipinski definition) is 6. The summed E-state index contributed by atoms with van der Waals surface area (Å²) in [6.45, 7) is 8.88. The van der Waals surface area contributed by atoms with Crippen molar-refractivity contribution in [2.45, 2.75) is 32.6 Å². The molecular formula is C21H26N4O3S2. The highest BCUT2D eigenvalue weighted by molar-refractivity contribution is 7.89. The molecule has 1 aromatic carbocycles. The van der Waals surface area contributed by atoms with Crippen LogP contribution in [0, 0.1) is 11.8 Å². The van der Waals surface area contributed by atoms with Crippen molar-refractivity contribution >= 4 is 43.3 Å². The maximum Gasteiger partial charge on any atom is 0.256 e. The van der Waals surface area contributed by atoms with Gasteiger partial charge in [-0.05, 0) is 47.5 Å². The number of thiophene rings is 1. The molecule has 9 heteroatoms. The Bertz CT molecular complexity index is 1110. The predicted octanol–water partition coefficient (Wildman–Crippen LogP) is 4.25. The Morgan fingerprint density at radius 1 is 1.03 bits per heavy atom. The topological polar surface area (TPSA) is 92.3 Å². The molecule has 2 aromatic heterocycles. The smallest absolute Gasteiger partial charge is 0.256 e. The number of benzene rings is 1. The van der Waals surface area contributed by atoms with Gasteiger partial charge in [0.2, 0.25) is 10.0 Å². The van der Waals surface area contributed by atoms with E-state index in [2.05, 4.69) is 15.3 Å². The maximum absolute atomic E-state index is 13.1. The van der Waals surface area contributed by atoms with Crippen molar-refractivity contribution in [1.29, 1.82) is 0 Å². The molecule has 0 bridgehead atoms. The molecule has 0 spiro atoms. The summed E-state index contributed by atoms with van der Waals surface area (Å²) in [6, 6.07) is 7.87. The van der Waals surface area contributed by atoms with Gasteiger partial charge >= 0.3 is 0 Å². The van der Waals surface area contributed by atoms with E-state index in [1.807, 2.05) is 39.1 Å². The molecule has 160 valence electrons. The van der Waals surface area contributed by atoms with Crippen molar-refractivity contribution in [3.8, 4) is 0 Å². The first kappa shape index (κ1) is 22.3. The molecule has 0 fully saturated rings. The van der Waals surface area contributed by atoms with E-state index in [1.165, 1.54) is 46.2 Å². The number of fused-ring (bicyclic) bond motifs is 1. The van der Waals surface area contributed by atoms with Crippen molar-refractivity contribution in [1.82, 2.24) is 14.3 Å². The molecule has 0 aliphatic carbocycles. The summed E-state index contributed by atoms with van der Waals surface area (Å²) < 4.78 is 27.7. The Kier molecular flexibility index (Phi) is 6.84. The summed E-state index contributed by atoms with van der Waals surface area (Å²) in [4.78, 5) is 21.9. The molecule has 7 nitrogen and oxygen atoms in total. The zero-order valence-electron chi connectivity index (χ0n) is 17.5. The highest BCUT2D eigenvalue weighted by Gasteiger charge is 2.26. The van der Waals surface area contributed by atoms with Crippen LogP contribution >= 0.6 is 11.3 Å². The van der Waals surface area contributed by atoms with Gasteiger partial charge in [0.15, 0.2) is 0 Å². The van der Waals surface area contributed by atoms with Crippen LogP contribution < -0.4 is 5.32 Å². The van der Waals surface area contributed by atoms with Crippen LogP contribution in [0.3, 0.4) is 0 Å². The van der Waals surface area contributed by atoms with Crippen molar-refractivity contribution in [3.05, 3.63) is 47.6 Å². The summed E-state index contributed by atoms with van der Waals surface area (Å²) in [7, 11) is -3.63. The van der Waals surface area contributed by atoms with E-state index in [1.54, 1.807) is 0 Å². The number of rotatable bonds is 8. The van der Waals surface area contributed by atoms with E-state index >= 15 is 0 Å². The number of hydrogen-bond donors (Lipinski definition) is 1. The van der Waals surface area contributed by atoms with Crippen LogP contribution in [0.5, 0.6) is 0 Å². The third-order valence-corrected chi connectivity index (χ3v) is 7.05. The second-order valence-electron chi connectivity index (χ2n) is 7.95. The highest BCUT2D eigenvalue weighted by atomic mass is 32.2. The van der Waals surface area contributed by atoms with Crippen LogP contribution in [0.25, 0.3) is 10.2 Å². The highest BCUT2D eigenvalue weighted by Crippen LogP contribution is 2.24. The minimum atomic E-state index is -3.63. The zero-order valence-corrected chi connectivity index (χ0v) is 19.1. The lowest BCUT2D eigenvalue weighted by Gasteiger charge is -2.25. The summed E-state index contributed by atoms with van der Waals surface area (Å²) in [5, 5.41) is 5.43. The molecule has 1 N–H and O–H groups in total. The Labute approximate surface area is 181 Å². The summed E-state index contributed by atoms with van der Waals surface area (Å²) in [5.41, 5.74) is 0.357. The second kappa shape index (κ2) is 9.20. The van der Waals surface area contributed by atoms with Gasteiger partial charge in [0.05, 0.1) is 10.3 Å². The number of carbonyl (C=O) groups excluding carboxylic acids is 1. The van der Waals surface area contributed by atoms with Crippen molar-refractivity contribution in [2.75, 3.05) is 18.4 Å². The molecule has 0 aliphatic rings. The quantitative estimate of drug-likeness (QED) is 0.558. The maximum atomic E-state index is 13.1. The third-order valence-electron chi connectivity index (χ3n) is 4.39. The van der Waals surface area contributed by atoms with E-state index in [4.69, 9.17) is 0 Å². The molecule has 0 atom stereocenters. The van der Waals surface area contributed by atoms with Gasteiger partial charge in [-0.1, -0.05) is 27.7 Å². The van der Waals surface area contributed by atoms with Gasteiger partial charge in [-0.25, -0.2) is 18.4 Å².